The molecule has 0 amide bonds. The van der Waals surface area contributed by atoms with Gasteiger partial charge in [0, 0.05) is 13.0 Å². The van der Waals surface area contributed by atoms with Gasteiger partial charge in [-0.05, 0) is 13.0 Å². The third-order valence-electron chi connectivity index (χ3n) is 1.79. The highest BCUT2D eigenvalue weighted by Crippen LogP contribution is 2.13. The van der Waals surface area contributed by atoms with E-state index >= 15 is 0 Å². The molecule has 1 aromatic heterocycles. The van der Waals surface area contributed by atoms with E-state index in [2.05, 4.69) is 17.1 Å². The van der Waals surface area contributed by atoms with E-state index in [-0.39, 0.29) is 0 Å². The summed E-state index contributed by atoms with van der Waals surface area (Å²) in [4.78, 5) is 0. The lowest BCUT2D eigenvalue weighted by molar-refractivity contribution is 0.616. The highest BCUT2D eigenvalue weighted by molar-refractivity contribution is 4.93. The molecule has 62 valence electrons. The molecule has 1 atom stereocenters. The Bertz CT molecular complexity index is 218. The Morgan fingerprint density at radius 3 is 2.91 bits per heavy atom. The van der Waals surface area contributed by atoms with Crippen molar-refractivity contribution in [3.63, 3.8) is 0 Å². The number of nitrogens with two attached hydrogens (primary N) is 1. The Balaban J connectivity index is 2.67. The van der Waals surface area contributed by atoms with Gasteiger partial charge in [-0.25, -0.2) is 0 Å². The average Bonchev–Trinajstić information content (AvgIpc) is 2.36. The average molecular weight is 154 g/mol. The smallest absolute Gasteiger partial charge is 0.135 e. The van der Waals surface area contributed by atoms with Gasteiger partial charge >= 0.3 is 0 Å². The minimum atomic E-state index is 0.410. The summed E-state index contributed by atoms with van der Waals surface area (Å²) in [6, 6.07) is 0. The summed E-state index contributed by atoms with van der Waals surface area (Å²) in [5.41, 5.74) is 5.43. The van der Waals surface area contributed by atoms with Crippen LogP contribution in [0, 0.1) is 0 Å². The fraction of sp³-hybridized carbons (Fsp3) is 0.714. The first-order valence-corrected chi connectivity index (χ1v) is 3.79. The Kier molecular flexibility index (Phi) is 2.59. The zero-order valence-electron chi connectivity index (χ0n) is 6.99. The summed E-state index contributed by atoms with van der Waals surface area (Å²) in [6.07, 6.45) is 2.68. The van der Waals surface area contributed by atoms with Gasteiger partial charge in [0.2, 0.25) is 0 Å². The summed E-state index contributed by atoms with van der Waals surface area (Å²) >= 11 is 0. The maximum Gasteiger partial charge on any atom is 0.135 e. The van der Waals surface area contributed by atoms with Gasteiger partial charge in [0.15, 0.2) is 0 Å². The minimum absolute atomic E-state index is 0.410. The number of aryl methyl sites for hydroxylation is 1. The van der Waals surface area contributed by atoms with Crippen molar-refractivity contribution in [2.24, 2.45) is 12.8 Å². The molecule has 0 spiro atoms. The van der Waals surface area contributed by atoms with Crippen molar-refractivity contribution in [2.75, 3.05) is 6.54 Å². The first kappa shape index (κ1) is 8.20. The van der Waals surface area contributed by atoms with E-state index in [1.165, 1.54) is 0 Å². The molecule has 0 aliphatic heterocycles. The third kappa shape index (κ3) is 1.77. The summed E-state index contributed by atoms with van der Waals surface area (Å²) in [7, 11) is 1.95. The van der Waals surface area contributed by atoms with Crippen LogP contribution < -0.4 is 5.73 Å². The van der Waals surface area contributed by atoms with Crippen LogP contribution in [0.4, 0.5) is 0 Å². The normalized spacial score (nSPS) is 13.4. The number of hydrogen-bond donors (Lipinski definition) is 1. The molecule has 0 aromatic carbocycles. The lowest BCUT2D eigenvalue weighted by atomic mass is 10.1. The molecule has 0 fully saturated rings. The molecule has 0 radical (unpaired) electrons. The zero-order chi connectivity index (χ0) is 8.27. The van der Waals surface area contributed by atoms with E-state index in [9.17, 15) is 0 Å². The van der Waals surface area contributed by atoms with Gasteiger partial charge in [0.1, 0.15) is 12.2 Å². The van der Waals surface area contributed by atoms with Crippen LogP contribution in [0.5, 0.6) is 0 Å². The van der Waals surface area contributed by atoms with Crippen molar-refractivity contribution in [1.29, 1.82) is 0 Å². The molecule has 0 bridgehead atoms. The van der Waals surface area contributed by atoms with Crippen LogP contribution in [0.25, 0.3) is 0 Å². The Labute approximate surface area is 66.4 Å². The van der Waals surface area contributed by atoms with Gasteiger partial charge in [0.25, 0.3) is 0 Å². The van der Waals surface area contributed by atoms with Gasteiger partial charge in [-0.2, -0.15) is 0 Å². The van der Waals surface area contributed by atoms with Crippen molar-refractivity contribution in [2.45, 2.75) is 19.3 Å². The van der Waals surface area contributed by atoms with Crippen molar-refractivity contribution in [1.82, 2.24) is 14.8 Å². The van der Waals surface area contributed by atoms with Crippen LogP contribution in [0.1, 0.15) is 25.1 Å². The lowest BCUT2D eigenvalue weighted by Gasteiger charge is -2.07. The fourth-order valence-corrected chi connectivity index (χ4v) is 1.12. The number of rotatable bonds is 3. The van der Waals surface area contributed by atoms with E-state index < -0.39 is 0 Å². The maximum absolute atomic E-state index is 5.43. The third-order valence-corrected chi connectivity index (χ3v) is 1.79. The largest absolute Gasteiger partial charge is 0.330 e. The van der Waals surface area contributed by atoms with E-state index in [0.29, 0.717) is 12.5 Å². The maximum atomic E-state index is 5.43. The molecule has 1 aromatic rings. The molecule has 0 saturated heterocycles. The second kappa shape index (κ2) is 3.48. The Morgan fingerprint density at radius 1 is 1.73 bits per heavy atom. The first-order valence-electron chi connectivity index (χ1n) is 3.79. The summed E-state index contributed by atoms with van der Waals surface area (Å²) in [5.74, 6) is 1.42. The van der Waals surface area contributed by atoms with Gasteiger partial charge in [-0.15, -0.1) is 10.2 Å². The molecular weight excluding hydrogens is 140 g/mol. The van der Waals surface area contributed by atoms with Gasteiger partial charge in [-0.1, -0.05) is 6.92 Å². The summed E-state index contributed by atoms with van der Waals surface area (Å²) < 4.78 is 1.93. The number of aromatic nitrogens is 3. The predicted molar refractivity (Wildman–Crippen MR) is 43.1 cm³/mol. The quantitative estimate of drug-likeness (QED) is 0.679. The summed E-state index contributed by atoms with van der Waals surface area (Å²) in [6.45, 7) is 2.81. The van der Waals surface area contributed by atoms with Gasteiger partial charge in [0.05, 0.1) is 0 Å². The molecule has 0 aliphatic carbocycles. The van der Waals surface area contributed by atoms with E-state index in [1.807, 2.05) is 11.6 Å². The van der Waals surface area contributed by atoms with Gasteiger partial charge < -0.3 is 10.3 Å². The second-order valence-electron chi connectivity index (χ2n) is 2.78. The van der Waals surface area contributed by atoms with E-state index in [0.717, 1.165) is 12.2 Å². The van der Waals surface area contributed by atoms with Crippen molar-refractivity contribution in [3.8, 4) is 0 Å². The molecule has 1 rings (SSSR count). The minimum Gasteiger partial charge on any atom is -0.330 e. The van der Waals surface area contributed by atoms with Crippen LogP contribution in [0.3, 0.4) is 0 Å². The Morgan fingerprint density at radius 2 is 2.45 bits per heavy atom. The fourth-order valence-electron chi connectivity index (χ4n) is 1.12. The van der Waals surface area contributed by atoms with Crippen LogP contribution in [0.2, 0.25) is 0 Å². The molecule has 1 unspecified atom stereocenters. The molecule has 1 heterocycles. The van der Waals surface area contributed by atoms with Crippen molar-refractivity contribution >= 4 is 0 Å². The van der Waals surface area contributed by atoms with Crippen molar-refractivity contribution in [3.05, 3.63) is 12.2 Å². The molecule has 0 aliphatic rings. The van der Waals surface area contributed by atoms with Crippen LogP contribution in [-0.2, 0) is 7.05 Å². The highest BCUT2D eigenvalue weighted by atomic mass is 15.2. The lowest BCUT2D eigenvalue weighted by Crippen LogP contribution is -2.08. The molecule has 0 saturated carbocycles. The highest BCUT2D eigenvalue weighted by Gasteiger charge is 2.09. The number of nitrogens with zero attached hydrogens (tertiary/aromatic N) is 3. The molecular formula is C7H14N4. The first-order chi connectivity index (χ1) is 5.25. The SMILES string of the molecule is CC(CCN)c1nncn1C. The van der Waals surface area contributed by atoms with Gasteiger partial charge in [-0.3, -0.25) is 0 Å². The van der Waals surface area contributed by atoms with Crippen LogP contribution in [0.15, 0.2) is 6.33 Å². The van der Waals surface area contributed by atoms with Crippen LogP contribution in [-0.4, -0.2) is 21.3 Å². The topological polar surface area (TPSA) is 56.7 Å². The van der Waals surface area contributed by atoms with E-state index in [1.54, 1.807) is 6.33 Å². The number of hydrogen-bond acceptors (Lipinski definition) is 3. The standard InChI is InChI=1S/C7H14N4/c1-6(3-4-8)7-10-9-5-11(7)2/h5-6H,3-4,8H2,1-2H3. The molecule has 2 N–H and O–H groups in total. The van der Waals surface area contributed by atoms with Crippen LogP contribution >= 0.6 is 0 Å². The van der Waals surface area contributed by atoms with E-state index in [4.69, 9.17) is 5.73 Å². The molecule has 4 heteroatoms. The monoisotopic (exact) mass is 154 g/mol. The second-order valence-corrected chi connectivity index (χ2v) is 2.78. The van der Waals surface area contributed by atoms with Crippen molar-refractivity contribution < 1.29 is 0 Å². The predicted octanol–water partition coefficient (Wildman–Crippen LogP) is 0.267. The Hall–Kier alpha value is -0.900. The molecule has 11 heavy (non-hydrogen) atoms. The summed E-state index contributed by atoms with van der Waals surface area (Å²) in [5, 5.41) is 7.79. The molecule has 4 nitrogen and oxygen atoms in total. The zero-order valence-corrected chi connectivity index (χ0v) is 6.99.